The van der Waals surface area contributed by atoms with E-state index in [0.717, 1.165) is 17.1 Å². The lowest BCUT2D eigenvalue weighted by molar-refractivity contribution is 0.0592. The van der Waals surface area contributed by atoms with Crippen molar-refractivity contribution in [3.8, 4) is 0 Å². The van der Waals surface area contributed by atoms with Gasteiger partial charge in [0.15, 0.2) is 0 Å². The minimum Gasteiger partial charge on any atom is -0.293 e. The van der Waals surface area contributed by atoms with Gasteiger partial charge in [0.2, 0.25) is 0 Å². The highest BCUT2D eigenvalue weighted by Crippen LogP contribution is 2.24. The van der Waals surface area contributed by atoms with Crippen LogP contribution < -0.4 is 0 Å². The number of hydrogen-bond acceptors (Lipinski definition) is 2. The molecule has 0 radical (unpaired) electrons. The maximum absolute atomic E-state index is 12.4. The Bertz CT molecular complexity index is 270. The van der Waals surface area contributed by atoms with Crippen molar-refractivity contribution >= 4 is 22.9 Å². The number of likely N-dealkylation sites (tertiary alicyclic amines) is 1. The Labute approximate surface area is 79.8 Å². The summed E-state index contributed by atoms with van der Waals surface area (Å²) in [6.07, 6.45) is -0.623. The molecule has 66 valence electrons. The van der Waals surface area contributed by atoms with Gasteiger partial charge in [0.25, 0.3) is 0 Å². The van der Waals surface area contributed by atoms with E-state index >= 15 is 0 Å². The van der Waals surface area contributed by atoms with Crippen LogP contribution in [0.3, 0.4) is 0 Å². The molecular formula is C8H9ClFNS. The van der Waals surface area contributed by atoms with E-state index in [9.17, 15) is 4.39 Å². The van der Waals surface area contributed by atoms with Crippen LogP contribution in [0, 0.1) is 0 Å². The van der Waals surface area contributed by atoms with E-state index in [1.807, 2.05) is 10.8 Å². The third-order valence-electron chi connectivity index (χ3n) is 2.00. The first-order valence-electron chi connectivity index (χ1n) is 3.82. The number of rotatable bonds is 2. The Hall–Kier alpha value is -0.120. The molecule has 1 aliphatic rings. The molecule has 0 atom stereocenters. The molecule has 0 unspecified atom stereocenters. The van der Waals surface area contributed by atoms with E-state index in [-0.39, 0.29) is 0 Å². The molecular weight excluding hydrogens is 197 g/mol. The van der Waals surface area contributed by atoms with Crippen LogP contribution in [0.4, 0.5) is 4.39 Å². The van der Waals surface area contributed by atoms with Gasteiger partial charge in [-0.15, -0.1) is 0 Å². The molecule has 2 rings (SSSR count). The van der Waals surface area contributed by atoms with Crippen LogP contribution in [0.2, 0.25) is 5.02 Å². The van der Waals surface area contributed by atoms with Crippen LogP contribution in [0.15, 0.2) is 10.8 Å². The molecule has 0 bridgehead atoms. The third kappa shape index (κ3) is 1.63. The average molecular weight is 206 g/mol. The zero-order valence-electron chi connectivity index (χ0n) is 6.46. The van der Waals surface area contributed by atoms with Gasteiger partial charge in [-0.25, -0.2) is 4.39 Å². The summed E-state index contributed by atoms with van der Waals surface area (Å²) >= 11 is 7.48. The van der Waals surface area contributed by atoms with Crippen LogP contribution in [0.1, 0.15) is 5.56 Å². The summed E-state index contributed by atoms with van der Waals surface area (Å²) in [5.74, 6) is 0. The molecule has 4 heteroatoms. The van der Waals surface area contributed by atoms with Gasteiger partial charge in [-0.3, -0.25) is 4.90 Å². The second-order valence-electron chi connectivity index (χ2n) is 3.04. The van der Waals surface area contributed by atoms with Crippen molar-refractivity contribution in [3.63, 3.8) is 0 Å². The van der Waals surface area contributed by atoms with Gasteiger partial charge in [0.05, 0.1) is 5.02 Å². The number of hydrogen-bond donors (Lipinski definition) is 0. The van der Waals surface area contributed by atoms with E-state index in [4.69, 9.17) is 11.6 Å². The fraction of sp³-hybridized carbons (Fsp3) is 0.500. The van der Waals surface area contributed by atoms with Gasteiger partial charge >= 0.3 is 0 Å². The number of thiophene rings is 1. The van der Waals surface area contributed by atoms with E-state index < -0.39 is 6.17 Å². The smallest absolute Gasteiger partial charge is 0.125 e. The quantitative estimate of drug-likeness (QED) is 0.718. The first kappa shape index (κ1) is 8.48. The molecule has 1 saturated heterocycles. The first-order valence-corrected chi connectivity index (χ1v) is 5.15. The van der Waals surface area contributed by atoms with Gasteiger partial charge in [-0.05, 0) is 10.9 Å². The molecule has 0 spiro atoms. The first-order chi connectivity index (χ1) is 5.75. The van der Waals surface area contributed by atoms with Gasteiger partial charge in [-0.1, -0.05) is 11.6 Å². The Morgan fingerprint density at radius 3 is 2.83 bits per heavy atom. The second kappa shape index (κ2) is 3.32. The number of nitrogens with zero attached hydrogens (tertiary/aromatic N) is 1. The van der Waals surface area contributed by atoms with Crippen molar-refractivity contribution in [1.82, 2.24) is 4.90 Å². The Morgan fingerprint density at radius 1 is 1.58 bits per heavy atom. The summed E-state index contributed by atoms with van der Waals surface area (Å²) in [4.78, 5) is 2.05. The molecule has 1 aromatic heterocycles. The molecule has 1 fully saturated rings. The Morgan fingerprint density at radius 2 is 2.33 bits per heavy atom. The second-order valence-corrected chi connectivity index (χ2v) is 4.19. The molecule has 0 amide bonds. The molecule has 1 nitrogen and oxygen atoms in total. The lowest BCUT2D eigenvalue weighted by atomic mass is 10.1. The summed E-state index contributed by atoms with van der Waals surface area (Å²) in [6, 6.07) is 0. The molecule has 1 aliphatic heterocycles. The highest BCUT2D eigenvalue weighted by molar-refractivity contribution is 7.08. The minimum atomic E-state index is -0.623. The monoisotopic (exact) mass is 205 g/mol. The maximum atomic E-state index is 12.4. The largest absolute Gasteiger partial charge is 0.293 e. The Kier molecular flexibility index (Phi) is 2.35. The van der Waals surface area contributed by atoms with E-state index in [1.54, 1.807) is 11.3 Å². The van der Waals surface area contributed by atoms with Crippen molar-refractivity contribution in [2.45, 2.75) is 12.7 Å². The van der Waals surface area contributed by atoms with E-state index in [0.29, 0.717) is 13.1 Å². The summed E-state index contributed by atoms with van der Waals surface area (Å²) in [5.41, 5.74) is 1.12. The number of alkyl halides is 1. The third-order valence-corrected chi connectivity index (χ3v) is 3.27. The fourth-order valence-corrected chi connectivity index (χ4v) is 2.34. The molecule has 0 saturated carbocycles. The van der Waals surface area contributed by atoms with Crippen molar-refractivity contribution in [2.24, 2.45) is 0 Å². The van der Waals surface area contributed by atoms with Gasteiger partial charge in [0.1, 0.15) is 6.17 Å². The molecule has 0 aliphatic carbocycles. The minimum absolute atomic E-state index is 0.562. The van der Waals surface area contributed by atoms with E-state index in [2.05, 4.69) is 4.90 Å². The molecule has 0 aromatic carbocycles. The zero-order valence-corrected chi connectivity index (χ0v) is 8.04. The lowest BCUT2D eigenvalue weighted by Gasteiger charge is -2.33. The SMILES string of the molecule is FC1CN(Cc2cscc2Cl)C1. The van der Waals surface area contributed by atoms with Crippen LogP contribution in [0.25, 0.3) is 0 Å². The Balaban J connectivity index is 1.92. The van der Waals surface area contributed by atoms with E-state index in [1.165, 1.54) is 0 Å². The number of halogens is 2. The van der Waals surface area contributed by atoms with Crippen molar-refractivity contribution in [3.05, 3.63) is 21.3 Å². The van der Waals surface area contributed by atoms with Gasteiger partial charge in [-0.2, -0.15) is 11.3 Å². The van der Waals surface area contributed by atoms with Gasteiger partial charge in [0, 0.05) is 25.0 Å². The predicted molar refractivity (Wildman–Crippen MR) is 49.5 cm³/mol. The van der Waals surface area contributed by atoms with Crippen molar-refractivity contribution in [1.29, 1.82) is 0 Å². The summed E-state index contributed by atoms with van der Waals surface area (Å²) < 4.78 is 12.4. The average Bonchev–Trinajstić information content (AvgIpc) is 2.33. The molecule has 12 heavy (non-hydrogen) atoms. The molecule has 1 aromatic rings. The van der Waals surface area contributed by atoms with Crippen LogP contribution >= 0.6 is 22.9 Å². The standard InChI is InChI=1S/C8H9ClFNS/c9-8-5-12-4-6(8)1-11-2-7(10)3-11/h4-5,7H,1-3H2. The summed E-state index contributed by atoms with van der Waals surface area (Å²) in [5, 5.41) is 4.74. The topological polar surface area (TPSA) is 3.24 Å². The maximum Gasteiger partial charge on any atom is 0.125 e. The highest BCUT2D eigenvalue weighted by atomic mass is 35.5. The van der Waals surface area contributed by atoms with Gasteiger partial charge < -0.3 is 0 Å². The normalized spacial score (nSPS) is 19.5. The zero-order chi connectivity index (χ0) is 8.55. The highest BCUT2D eigenvalue weighted by Gasteiger charge is 2.26. The molecule has 0 N–H and O–H groups in total. The van der Waals surface area contributed by atoms with Crippen LogP contribution in [-0.4, -0.2) is 24.2 Å². The predicted octanol–water partition coefficient (Wildman–Crippen LogP) is 2.56. The van der Waals surface area contributed by atoms with Crippen LogP contribution in [-0.2, 0) is 6.54 Å². The fourth-order valence-electron chi connectivity index (χ4n) is 1.30. The van der Waals surface area contributed by atoms with Crippen molar-refractivity contribution < 1.29 is 4.39 Å². The van der Waals surface area contributed by atoms with Crippen molar-refractivity contribution in [2.75, 3.05) is 13.1 Å². The lowest BCUT2D eigenvalue weighted by Crippen LogP contribution is -2.47. The van der Waals surface area contributed by atoms with Crippen LogP contribution in [0.5, 0.6) is 0 Å². The molecule has 2 heterocycles. The summed E-state index contributed by atoms with van der Waals surface area (Å²) in [6.45, 7) is 1.92. The summed E-state index contributed by atoms with van der Waals surface area (Å²) in [7, 11) is 0.